The van der Waals surface area contributed by atoms with Crippen LogP contribution < -0.4 is 5.32 Å². The Morgan fingerprint density at radius 2 is 2.64 bits per heavy atom. The van der Waals surface area contributed by atoms with Crippen molar-refractivity contribution in [2.24, 2.45) is 0 Å². The van der Waals surface area contributed by atoms with E-state index in [1.54, 1.807) is 11.3 Å². The molecule has 3 nitrogen and oxygen atoms in total. The monoisotopic (exact) mass is 212 g/mol. The van der Waals surface area contributed by atoms with Crippen LogP contribution >= 0.6 is 11.3 Å². The zero-order chi connectivity index (χ0) is 9.80. The first-order valence-electron chi connectivity index (χ1n) is 5.12. The van der Waals surface area contributed by atoms with Crippen LogP contribution in [0, 0.1) is 0 Å². The van der Waals surface area contributed by atoms with Crippen molar-refractivity contribution in [1.82, 2.24) is 10.3 Å². The highest BCUT2D eigenvalue weighted by atomic mass is 32.1. The van der Waals surface area contributed by atoms with Crippen molar-refractivity contribution in [3.05, 3.63) is 16.6 Å². The Hall–Kier alpha value is -0.450. The number of nitrogens with one attached hydrogen (secondary N) is 1. The first-order chi connectivity index (χ1) is 6.86. The molecule has 0 amide bonds. The molecule has 0 saturated carbocycles. The molecule has 2 atom stereocenters. The summed E-state index contributed by atoms with van der Waals surface area (Å²) < 4.78 is 5.92. The van der Waals surface area contributed by atoms with E-state index in [0.717, 1.165) is 18.1 Å². The summed E-state index contributed by atoms with van der Waals surface area (Å²) in [5, 5.41) is 6.42. The molecule has 1 fully saturated rings. The highest BCUT2D eigenvalue weighted by molar-refractivity contribution is 7.09. The lowest BCUT2D eigenvalue weighted by Gasteiger charge is -2.25. The Balaban J connectivity index is 1.84. The summed E-state index contributed by atoms with van der Waals surface area (Å²) in [6, 6.07) is 0. The zero-order valence-electron chi connectivity index (χ0n) is 8.40. The molecule has 1 aromatic heterocycles. The van der Waals surface area contributed by atoms with Gasteiger partial charge in [0.15, 0.2) is 0 Å². The van der Waals surface area contributed by atoms with Gasteiger partial charge in [0.05, 0.1) is 6.10 Å². The van der Waals surface area contributed by atoms with Gasteiger partial charge in [-0.15, -0.1) is 11.3 Å². The number of thiazole rings is 1. The summed E-state index contributed by atoms with van der Waals surface area (Å²) in [6.07, 6.45) is 4.72. The quantitative estimate of drug-likeness (QED) is 0.832. The molecule has 0 bridgehead atoms. The summed E-state index contributed by atoms with van der Waals surface area (Å²) in [7, 11) is 0. The van der Waals surface area contributed by atoms with Gasteiger partial charge in [-0.05, 0) is 26.3 Å². The highest BCUT2D eigenvalue weighted by Gasteiger charge is 2.18. The third kappa shape index (κ3) is 2.53. The molecule has 2 heterocycles. The summed E-state index contributed by atoms with van der Waals surface area (Å²) in [5.74, 6) is 0. The predicted molar refractivity (Wildman–Crippen MR) is 57.5 cm³/mol. The highest BCUT2D eigenvalue weighted by Crippen LogP contribution is 2.22. The van der Waals surface area contributed by atoms with Crippen molar-refractivity contribution in [2.45, 2.75) is 32.0 Å². The fourth-order valence-corrected chi connectivity index (χ4v) is 2.35. The topological polar surface area (TPSA) is 34.1 Å². The minimum atomic E-state index is 0.139. The molecule has 2 unspecified atom stereocenters. The van der Waals surface area contributed by atoms with Crippen molar-refractivity contribution in [3.8, 4) is 0 Å². The van der Waals surface area contributed by atoms with E-state index in [0.29, 0.717) is 6.10 Å². The molecule has 0 aliphatic carbocycles. The first kappa shape index (κ1) is 10.1. The Morgan fingerprint density at radius 3 is 3.29 bits per heavy atom. The maximum Gasteiger partial charge on any atom is 0.121 e. The molecular formula is C10H16N2OS. The second kappa shape index (κ2) is 4.87. The Kier molecular flexibility index (Phi) is 3.50. The summed E-state index contributed by atoms with van der Waals surface area (Å²) in [4.78, 5) is 4.25. The largest absolute Gasteiger partial charge is 0.367 e. The molecule has 1 saturated heterocycles. The summed E-state index contributed by atoms with van der Waals surface area (Å²) >= 11 is 1.66. The lowest BCUT2D eigenvalue weighted by atomic mass is 10.1. The molecule has 78 valence electrons. The van der Waals surface area contributed by atoms with Gasteiger partial charge >= 0.3 is 0 Å². The minimum Gasteiger partial charge on any atom is -0.367 e. The lowest BCUT2D eigenvalue weighted by molar-refractivity contribution is -0.0150. The van der Waals surface area contributed by atoms with Crippen molar-refractivity contribution < 1.29 is 4.74 Å². The second-order valence-corrected chi connectivity index (χ2v) is 4.54. The average Bonchev–Trinajstić information content (AvgIpc) is 2.72. The van der Waals surface area contributed by atoms with Crippen LogP contribution in [0.2, 0.25) is 0 Å². The molecule has 1 N–H and O–H groups in total. The van der Waals surface area contributed by atoms with E-state index in [2.05, 4.69) is 17.2 Å². The van der Waals surface area contributed by atoms with Crippen LogP contribution in [-0.4, -0.2) is 24.2 Å². The minimum absolute atomic E-state index is 0.139. The molecular weight excluding hydrogens is 196 g/mol. The third-order valence-corrected chi connectivity index (χ3v) is 3.38. The molecule has 0 radical (unpaired) electrons. The van der Waals surface area contributed by atoms with Gasteiger partial charge < -0.3 is 10.1 Å². The van der Waals surface area contributed by atoms with Crippen LogP contribution in [0.25, 0.3) is 0 Å². The smallest absolute Gasteiger partial charge is 0.121 e. The number of hydrogen-bond acceptors (Lipinski definition) is 4. The van der Waals surface area contributed by atoms with E-state index in [1.807, 2.05) is 11.6 Å². The molecule has 4 heteroatoms. The van der Waals surface area contributed by atoms with Gasteiger partial charge in [0.1, 0.15) is 11.1 Å². The molecule has 1 aromatic rings. The molecule has 0 aromatic carbocycles. The molecule has 14 heavy (non-hydrogen) atoms. The van der Waals surface area contributed by atoms with Gasteiger partial charge in [-0.1, -0.05) is 0 Å². The lowest BCUT2D eigenvalue weighted by Crippen LogP contribution is -2.35. The van der Waals surface area contributed by atoms with Crippen molar-refractivity contribution in [2.75, 3.05) is 13.1 Å². The van der Waals surface area contributed by atoms with E-state index in [1.165, 1.54) is 12.8 Å². The van der Waals surface area contributed by atoms with Crippen molar-refractivity contribution in [1.29, 1.82) is 0 Å². The van der Waals surface area contributed by atoms with Gasteiger partial charge in [-0.2, -0.15) is 0 Å². The van der Waals surface area contributed by atoms with Crippen molar-refractivity contribution >= 4 is 11.3 Å². The van der Waals surface area contributed by atoms with Crippen LogP contribution in [0.4, 0.5) is 0 Å². The van der Waals surface area contributed by atoms with E-state index in [-0.39, 0.29) is 6.10 Å². The Morgan fingerprint density at radius 1 is 1.71 bits per heavy atom. The fraction of sp³-hybridized carbons (Fsp3) is 0.700. The second-order valence-electron chi connectivity index (χ2n) is 3.62. The first-order valence-corrected chi connectivity index (χ1v) is 6.00. The van der Waals surface area contributed by atoms with Crippen LogP contribution in [0.15, 0.2) is 11.6 Å². The van der Waals surface area contributed by atoms with Gasteiger partial charge in [0.25, 0.3) is 0 Å². The van der Waals surface area contributed by atoms with E-state index >= 15 is 0 Å². The maximum atomic E-state index is 5.92. The summed E-state index contributed by atoms with van der Waals surface area (Å²) in [5.41, 5.74) is 0. The van der Waals surface area contributed by atoms with E-state index < -0.39 is 0 Å². The molecule has 1 aliphatic heterocycles. The standard InChI is InChI=1S/C10H16N2OS/c1-8(10-12-5-6-14-10)13-9-3-2-4-11-7-9/h5-6,8-9,11H,2-4,7H2,1H3. The van der Waals surface area contributed by atoms with Gasteiger partial charge in [-0.3, -0.25) is 0 Å². The molecule has 0 spiro atoms. The molecule has 1 aliphatic rings. The van der Waals surface area contributed by atoms with Gasteiger partial charge in [-0.25, -0.2) is 4.98 Å². The average molecular weight is 212 g/mol. The SMILES string of the molecule is CC(OC1CCCNC1)c1nccs1. The number of piperidine rings is 1. The van der Waals surface area contributed by atoms with Crippen LogP contribution in [0.3, 0.4) is 0 Å². The third-order valence-electron chi connectivity index (χ3n) is 2.45. The van der Waals surface area contributed by atoms with Gasteiger partial charge in [0.2, 0.25) is 0 Å². The normalized spacial score (nSPS) is 24.8. The zero-order valence-corrected chi connectivity index (χ0v) is 9.22. The van der Waals surface area contributed by atoms with Crippen molar-refractivity contribution in [3.63, 3.8) is 0 Å². The summed E-state index contributed by atoms with van der Waals surface area (Å²) in [6.45, 7) is 4.19. The Labute approximate surface area is 88.5 Å². The predicted octanol–water partition coefficient (Wildman–Crippen LogP) is 1.97. The number of aromatic nitrogens is 1. The van der Waals surface area contributed by atoms with Crippen LogP contribution in [0.1, 0.15) is 30.9 Å². The van der Waals surface area contributed by atoms with Crippen LogP contribution in [0.5, 0.6) is 0 Å². The van der Waals surface area contributed by atoms with Crippen LogP contribution in [-0.2, 0) is 4.74 Å². The number of hydrogen-bond donors (Lipinski definition) is 1. The maximum absolute atomic E-state index is 5.92. The van der Waals surface area contributed by atoms with E-state index in [4.69, 9.17) is 4.74 Å². The number of nitrogens with zero attached hydrogens (tertiary/aromatic N) is 1. The number of ether oxygens (including phenoxy) is 1. The molecule has 2 rings (SSSR count). The Bertz CT molecular complexity index is 257. The van der Waals surface area contributed by atoms with E-state index in [9.17, 15) is 0 Å². The number of rotatable bonds is 3. The van der Waals surface area contributed by atoms with Gasteiger partial charge in [0, 0.05) is 18.1 Å². The fourth-order valence-electron chi connectivity index (χ4n) is 1.72.